The molecule has 3 nitrogen and oxygen atoms in total. The molecule has 0 atom stereocenters. The molecular formula is C17H18Cl2N2O. The molecule has 2 rings (SSSR count). The predicted molar refractivity (Wildman–Crippen MR) is 94.1 cm³/mol. The highest BCUT2D eigenvalue weighted by atomic mass is 35.5. The third kappa shape index (κ3) is 4.39. The minimum atomic E-state index is -0.0730. The minimum absolute atomic E-state index is 0.0730. The molecule has 0 fully saturated rings. The fourth-order valence-electron chi connectivity index (χ4n) is 2.05. The Bertz CT molecular complexity index is 686. The number of hydrogen-bond acceptors (Lipinski definition) is 2. The van der Waals surface area contributed by atoms with Crippen LogP contribution in [0, 0.1) is 13.8 Å². The average Bonchev–Trinajstić information content (AvgIpc) is 2.47. The van der Waals surface area contributed by atoms with Crippen LogP contribution in [0.3, 0.4) is 0 Å². The molecule has 0 radical (unpaired) electrons. The van der Waals surface area contributed by atoms with E-state index in [0.29, 0.717) is 28.7 Å². The molecule has 0 saturated carbocycles. The fourth-order valence-corrected chi connectivity index (χ4v) is 2.35. The van der Waals surface area contributed by atoms with Gasteiger partial charge in [-0.15, -0.1) is 0 Å². The van der Waals surface area contributed by atoms with Crippen LogP contribution < -0.4 is 10.6 Å². The van der Waals surface area contributed by atoms with Gasteiger partial charge < -0.3 is 10.6 Å². The predicted octanol–water partition coefficient (Wildman–Crippen LogP) is 5.05. The van der Waals surface area contributed by atoms with Crippen molar-refractivity contribution >= 4 is 40.5 Å². The minimum Gasteiger partial charge on any atom is -0.384 e. The summed E-state index contributed by atoms with van der Waals surface area (Å²) in [6.07, 6.45) is 0.369. The molecule has 0 aliphatic heterocycles. The molecule has 22 heavy (non-hydrogen) atoms. The maximum atomic E-state index is 11.9. The van der Waals surface area contributed by atoms with Crippen LogP contribution in [0.1, 0.15) is 17.5 Å². The fraction of sp³-hybridized carbons (Fsp3) is 0.235. The highest BCUT2D eigenvalue weighted by Gasteiger charge is 2.05. The Balaban J connectivity index is 1.85. The lowest BCUT2D eigenvalue weighted by molar-refractivity contribution is -0.115. The van der Waals surface area contributed by atoms with Gasteiger partial charge in [0.2, 0.25) is 5.91 Å². The van der Waals surface area contributed by atoms with Crippen molar-refractivity contribution in [3.05, 3.63) is 57.6 Å². The van der Waals surface area contributed by atoms with E-state index < -0.39 is 0 Å². The molecule has 2 aromatic rings. The van der Waals surface area contributed by atoms with Crippen molar-refractivity contribution in [2.24, 2.45) is 0 Å². The lowest BCUT2D eigenvalue weighted by Crippen LogP contribution is -2.16. The smallest absolute Gasteiger partial charge is 0.226 e. The first kappa shape index (κ1) is 16.7. The second-order valence-corrected chi connectivity index (χ2v) is 5.92. The van der Waals surface area contributed by atoms with Crippen LogP contribution in [0.25, 0.3) is 0 Å². The van der Waals surface area contributed by atoms with Gasteiger partial charge in [0, 0.05) is 24.3 Å². The Labute approximate surface area is 140 Å². The maximum absolute atomic E-state index is 11.9. The number of nitrogens with one attached hydrogen (secondary N) is 2. The highest BCUT2D eigenvalue weighted by Crippen LogP contribution is 2.25. The van der Waals surface area contributed by atoms with E-state index in [0.717, 1.165) is 5.69 Å². The number of carbonyl (C=O) groups excluding carboxylic acids is 1. The Kier molecular flexibility index (Phi) is 5.69. The molecule has 0 aliphatic rings. The number of halogens is 2. The largest absolute Gasteiger partial charge is 0.384 e. The normalized spacial score (nSPS) is 10.4. The summed E-state index contributed by atoms with van der Waals surface area (Å²) in [4.78, 5) is 11.9. The van der Waals surface area contributed by atoms with Crippen LogP contribution in [0.2, 0.25) is 10.0 Å². The van der Waals surface area contributed by atoms with Gasteiger partial charge in [0.15, 0.2) is 0 Å². The van der Waals surface area contributed by atoms with Crippen molar-refractivity contribution < 1.29 is 4.79 Å². The quantitative estimate of drug-likeness (QED) is 0.801. The molecule has 0 aromatic heterocycles. The van der Waals surface area contributed by atoms with E-state index in [1.54, 1.807) is 18.2 Å². The van der Waals surface area contributed by atoms with Gasteiger partial charge in [0.25, 0.3) is 0 Å². The lowest BCUT2D eigenvalue weighted by Gasteiger charge is -2.11. The summed E-state index contributed by atoms with van der Waals surface area (Å²) in [5, 5.41) is 6.98. The molecule has 5 heteroatoms. The summed E-state index contributed by atoms with van der Waals surface area (Å²) >= 11 is 11.8. The summed E-state index contributed by atoms with van der Waals surface area (Å²) in [5.41, 5.74) is 4.13. The number of benzene rings is 2. The van der Waals surface area contributed by atoms with Gasteiger partial charge in [-0.3, -0.25) is 4.79 Å². The topological polar surface area (TPSA) is 41.1 Å². The maximum Gasteiger partial charge on any atom is 0.226 e. The van der Waals surface area contributed by atoms with Crippen LogP contribution >= 0.6 is 23.2 Å². The van der Waals surface area contributed by atoms with E-state index in [-0.39, 0.29) is 5.91 Å². The van der Waals surface area contributed by atoms with E-state index in [4.69, 9.17) is 23.2 Å². The first-order valence-corrected chi connectivity index (χ1v) is 7.78. The zero-order valence-electron chi connectivity index (χ0n) is 12.5. The number of amides is 1. The molecular weight excluding hydrogens is 319 g/mol. The SMILES string of the molecule is Cc1cccc(NCCC(=O)Nc2ccc(Cl)c(Cl)c2)c1C. The lowest BCUT2D eigenvalue weighted by atomic mass is 10.1. The Morgan fingerprint density at radius 1 is 1.09 bits per heavy atom. The summed E-state index contributed by atoms with van der Waals surface area (Å²) < 4.78 is 0. The standard InChI is InChI=1S/C17H18Cl2N2O/c1-11-4-3-5-16(12(11)2)20-9-8-17(22)21-13-6-7-14(18)15(19)10-13/h3-7,10,20H,8-9H2,1-2H3,(H,21,22). The zero-order chi connectivity index (χ0) is 16.1. The van der Waals surface area contributed by atoms with Crippen LogP contribution in [0.15, 0.2) is 36.4 Å². The Hall–Kier alpha value is -1.71. The van der Waals surface area contributed by atoms with Crippen molar-refractivity contribution in [2.45, 2.75) is 20.3 Å². The summed E-state index contributed by atoms with van der Waals surface area (Å²) in [6.45, 7) is 4.70. The monoisotopic (exact) mass is 336 g/mol. The third-order valence-electron chi connectivity index (χ3n) is 3.48. The van der Waals surface area contributed by atoms with Gasteiger partial charge >= 0.3 is 0 Å². The molecule has 0 unspecified atom stereocenters. The number of aryl methyl sites for hydroxylation is 1. The first-order chi connectivity index (χ1) is 10.5. The Morgan fingerprint density at radius 3 is 2.59 bits per heavy atom. The third-order valence-corrected chi connectivity index (χ3v) is 4.21. The van der Waals surface area contributed by atoms with Gasteiger partial charge in [0.1, 0.15) is 0 Å². The molecule has 2 N–H and O–H groups in total. The van der Waals surface area contributed by atoms with Crippen molar-refractivity contribution in [1.82, 2.24) is 0 Å². The van der Waals surface area contributed by atoms with Crippen molar-refractivity contribution in [3.63, 3.8) is 0 Å². The van der Waals surface area contributed by atoms with Gasteiger partial charge in [-0.1, -0.05) is 35.3 Å². The summed E-state index contributed by atoms with van der Waals surface area (Å²) in [6, 6.07) is 11.1. The number of hydrogen-bond donors (Lipinski definition) is 2. The molecule has 0 saturated heterocycles. The van der Waals surface area contributed by atoms with Gasteiger partial charge in [-0.25, -0.2) is 0 Å². The molecule has 0 aliphatic carbocycles. The Morgan fingerprint density at radius 2 is 1.86 bits per heavy atom. The van der Waals surface area contributed by atoms with E-state index in [1.165, 1.54) is 11.1 Å². The van der Waals surface area contributed by atoms with Gasteiger partial charge in [0.05, 0.1) is 10.0 Å². The first-order valence-electron chi connectivity index (χ1n) is 7.02. The van der Waals surface area contributed by atoms with Crippen LogP contribution in [0.5, 0.6) is 0 Å². The molecule has 1 amide bonds. The summed E-state index contributed by atoms with van der Waals surface area (Å²) in [5.74, 6) is -0.0730. The van der Waals surface area contributed by atoms with E-state index >= 15 is 0 Å². The average molecular weight is 337 g/mol. The van der Waals surface area contributed by atoms with E-state index in [1.807, 2.05) is 12.1 Å². The second-order valence-electron chi connectivity index (χ2n) is 5.10. The number of rotatable bonds is 5. The molecule has 0 spiro atoms. The van der Waals surface area contributed by atoms with Crippen molar-refractivity contribution in [2.75, 3.05) is 17.2 Å². The molecule has 116 valence electrons. The van der Waals surface area contributed by atoms with Crippen LogP contribution in [0.4, 0.5) is 11.4 Å². The van der Waals surface area contributed by atoms with Crippen LogP contribution in [-0.2, 0) is 4.79 Å². The molecule has 0 bridgehead atoms. The number of anilines is 2. The second kappa shape index (κ2) is 7.52. The highest BCUT2D eigenvalue weighted by molar-refractivity contribution is 6.42. The van der Waals surface area contributed by atoms with E-state index in [9.17, 15) is 4.79 Å². The zero-order valence-corrected chi connectivity index (χ0v) is 14.1. The van der Waals surface area contributed by atoms with Crippen molar-refractivity contribution in [3.8, 4) is 0 Å². The molecule has 0 heterocycles. The molecule has 2 aromatic carbocycles. The van der Waals surface area contributed by atoms with E-state index in [2.05, 4.69) is 30.5 Å². The van der Waals surface area contributed by atoms with Crippen molar-refractivity contribution in [1.29, 1.82) is 0 Å². The summed E-state index contributed by atoms with van der Waals surface area (Å²) in [7, 11) is 0. The van der Waals surface area contributed by atoms with Gasteiger partial charge in [-0.05, 0) is 49.2 Å². The van der Waals surface area contributed by atoms with Gasteiger partial charge in [-0.2, -0.15) is 0 Å². The number of carbonyl (C=O) groups is 1. The van der Waals surface area contributed by atoms with Crippen LogP contribution in [-0.4, -0.2) is 12.5 Å².